The van der Waals surface area contributed by atoms with Gasteiger partial charge in [-0.15, -0.1) is 0 Å². The van der Waals surface area contributed by atoms with Crippen LogP contribution in [-0.2, 0) is 0 Å². The van der Waals surface area contributed by atoms with Crippen LogP contribution in [0.3, 0.4) is 0 Å². The van der Waals surface area contributed by atoms with Gasteiger partial charge in [-0.05, 0) is 54.6 Å². The third-order valence-corrected chi connectivity index (χ3v) is 4.73. The molecule has 0 aliphatic heterocycles. The van der Waals surface area contributed by atoms with Gasteiger partial charge in [0.2, 0.25) is 0 Å². The normalized spacial score (nSPS) is 11.0. The number of benzene rings is 2. The molecule has 30 heavy (non-hydrogen) atoms. The van der Waals surface area contributed by atoms with Crippen molar-refractivity contribution in [3.63, 3.8) is 0 Å². The summed E-state index contributed by atoms with van der Waals surface area (Å²) >= 11 is 3.39. The molecule has 2 aromatic carbocycles. The van der Waals surface area contributed by atoms with Crippen molar-refractivity contribution in [3.05, 3.63) is 76.2 Å². The number of hydrazone groups is 1. The maximum absolute atomic E-state index is 12.3. The van der Waals surface area contributed by atoms with Gasteiger partial charge in [-0.1, -0.05) is 15.9 Å². The Bertz CT molecular complexity index is 1300. The summed E-state index contributed by atoms with van der Waals surface area (Å²) in [6, 6.07) is 17.8. The van der Waals surface area contributed by atoms with Crippen LogP contribution in [0.2, 0.25) is 0 Å². The SMILES string of the molecule is COc1cc(Br)cc2cc(C(=O)N/N=C\c3ccc(-c4ccc(C#N)cc4)o3)oc12. The second kappa shape index (κ2) is 8.27. The van der Waals surface area contributed by atoms with Gasteiger partial charge < -0.3 is 13.6 Å². The Balaban J connectivity index is 1.46. The first-order chi connectivity index (χ1) is 14.6. The molecule has 2 heterocycles. The van der Waals surface area contributed by atoms with E-state index in [-0.39, 0.29) is 5.76 Å². The van der Waals surface area contributed by atoms with Crippen molar-refractivity contribution in [2.45, 2.75) is 0 Å². The van der Waals surface area contributed by atoms with Gasteiger partial charge in [-0.3, -0.25) is 4.79 Å². The van der Waals surface area contributed by atoms with E-state index in [9.17, 15) is 4.79 Å². The topological polar surface area (TPSA) is 101 Å². The molecule has 0 aliphatic carbocycles. The summed E-state index contributed by atoms with van der Waals surface area (Å²) in [5, 5.41) is 13.5. The minimum Gasteiger partial charge on any atom is -0.493 e. The summed E-state index contributed by atoms with van der Waals surface area (Å²) in [5.41, 5.74) is 4.30. The zero-order valence-electron chi connectivity index (χ0n) is 15.7. The zero-order valence-corrected chi connectivity index (χ0v) is 17.3. The number of nitrogens with one attached hydrogen (secondary N) is 1. The summed E-state index contributed by atoms with van der Waals surface area (Å²) in [6.07, 6.45) is 1.39. The highest BCUT2D eigenvalue weighted by molar-refractivity contribution is 9.10. The molecular weight excluding hydrogens is 450 g/mol. The number of rotatable bonds is 5. The van der Waals surface area contributed by atoms with Crippen molar-refractivity contribution in [1.29, 1.82) is 5.26 Å². The molecule has 1 N–H and O–H groups in total. The summed E-state index contributed by atoms with van der Waals surface area (Å²) in [7, 11) is 1.53. The van der Waals surface area contributed by atoms with Crippen LogP contribution in [-0.4, -0.2) is 19.2 Å². The molecule has 0 unspecified atom stereocenters. The fourth-order valence-corrected chi connectivity index (χ4v) is 3.30. The van der Waals surface area contributed by atoms with E-state index in [1.165, 1.54) is 13.3 Å². The first-order valence-corrected chi connectivity index (χ1v) is 9.57. The molecule has 0 spiro atoms. The number of hydrogen-bond donors (Lipinski definition) is 1. The molecule has 7 nitrogen and oxygen atoms in total. The van der Waals surface area contributed by atoms with Crippen LogP contribution in [0.1, 0.15) is 21.9 Å². The van der Waals surface area contributed by atoms with Gasteiger partial charge in [0.15, 0.2) is 17.1 Å². The van der Waals surface area contributed by atoms with E-state index >= 15 is 0 Å². The maximum Gasteiger partial charge on any atom is 0.307 e. The van der Waals surface area contributed by atoms with Crippen LogP contribution in [0.15, 0.2) is 73.0 Å². The van der Waals surface area contributed by atoms with Gasteiger partial charge >= 0.3 is 5.91 Å². The highest BCUT2D eigenvalue weighted by atomic mass is 79.9. The lowest BCUT2D eigenvalue weighted by molar-refractivity contribution is 0.0929. The molecular formula is C22H14BrN3O4. The summed E-state index contributed by atoms with van der Waals surface area (Å²) in [6.45, 7) is 0. The van der Waals surface area contributed by atoms with Crippen LogP contribution in [0.5, 0.6) is 5.75 Å². The zero-order chi connectivity index (χ0) is 21.1. The van der Waals surface area contributed by atoms with E-state index in [4.69, 9.17) is 18.8 Å². The van der Waals surface area contributed by atoms with Gasteiger partial charge in [0, 0.05) is 15.4 Å². The number of nitrogens with zero attached hydrogens (tertiary/aromatic N) is 2. The van der Waals surface area contributed by atoms with E-state index in [0.29, 0.717) is 28.4 Å². The van der Waals surface area contributed by atoms with Crippen LogP contribution in [0.4, 0.5) is 0 Å². The van der Waals surface area contributed by atoms with Crippen molar-refractivity contribution >= 4 is 39.0 Å². The summed E-state index contributed by atoms with van der Waals surface area (Å²) < 4.78 is 17.4. The fraction of sp³-hybridized carbons (Fsp3) is 0.0455. The molecule has 0 radical (unpaired) electrons. The predicted molar refractivity (Wildman–Crippen MR) is 114 cm³/mol. The van der Waals surface area contributed by atoms with Gasteiger partial charge in [0.05, 0.1) is 25.0 Å². The minimum atomic E-state index is -0.500. The van der Waals surface area contributed by atoms with Gasteiger partial charge in [0.1, 0.15) is 11.5 Å². The molecule has 0 aliphatic rings. The van der Waals surface area contributed by atoms with Crippen LogP contribution in [0.25, 0.3) is 22.3 Å². The van der Waals surface area contributed by atoms with E-state index in [1.807, 2.05) is 6.07 Å². The van der Waals surface area contributed by atoms with Crippen molar-refractivity contribution in [3.8, 4) is 23.1 Å². The van der Waals surface area contributed by atoms with E-state index < -0.39 is 5.91 Å². The first kappa shape index (κ1) is 19.5. The lowest BCUT2D eigenvalue weighted by atomic mass is 10.1. The quantitative estimate of drug-likeness (QED) is 0.327. The Kier molecular flexibility index (Phi) is 5.37. The third kappa shape index (κ3) is 3.97. The van der Waals surface area contributed by atoms with E-state index in [0.717, 1.165) is 15.4 Å². The minimum absolute atomic E-state index is 0.108. The molecule has 148 valence electrons. The second-order valence-electron chi connectivity index (χ2n) is 6.23. The molecule has 8 heteroatoms. The van der Waals surface area contributed by atoms with E-state index in [1.54, 1.807) is 48.5 Å². The number of fused-ring (bicyclic) bond motifs is 1. The number of methoxy groups -OCH3 is 1. The molecule has 0 atom stereocenters. The Morgan fingerprint density at radius 1 is 1.17 bits per heavy atom. The van der Waals surface area contributed by atoms with Gasteiger partial charge in [-0.25, -0.2) is 5.43 Å². The monoisotopic (exact) mass is 463 g/mol. The number of nitriles is 1. The Morgan fingerprint density at radius 3 is 2.70 bits per heavy atom. The largest absolute Gasteiger partial charge is 0.493 e. The summed E-state index contributed by atoms with van der Waals surface area (Å²) in [5.74, 6) is 1.22. The number of halogens is 1. The number of ether oxygens (including phenoxy) is 1. The molecule has 2 aromatic heterocycles. The number of carbonyl (C=O) groups excluding carboxylic acids is 1. The Labute approximate surface area is 179 Å². The molecule has 0 fully saturated rings. The smallest absolute Gasteiger partial charge is 0.307 e. The van der Waals surface area contributed by atoms with Crippen molar-refractivity contribution in [2.75, 3.05) is 7.11 Å². The Hall–Kier alpha value is -3.83. The molecule has 4 aromatic rings. The maximum atomic E-state index is 12.3. The van der Waals surface area contributed by atoms with E-state index in [2.05, 4.69) is 32.5 Å². The van der Waals surface area contributed by atoms with Crippen LogP contribution < -0.4 is 10.2 Å². The summed E-state index contributed by atoms with van der Waals surface area (Å²) in [4.78, 5) is 12.3. The predicted octanol–water partition coefficient (Wildman–Crippen LogP) is 5.10. The average Bonchev–Trinajstić information content (AvgIpc) is 3.40. The average molecular weight is 464 g/mol. The van der Waals surface area contributed by atoms with Crippen molar-refractivity contribution in [1.82, 2.24) is 5.43 Å². The van der Waals surface area contributed by atoms with Crippen LogP contribution >= 0.6 is 15.9 Å². The second-order valence-corrected chi connectivity index (χ2v) is 7.14. The molecule has 1 amide bonds. The van der Waals surface area contributed by atoms with Crippen LogP contribution in [0, 0.1) is 11.3 Å². The number of amides is 1. The number of hydrogen-bond acceptors (Lipinski definition) is 6. The lowest BCUT2D eigenvalue weighted by Gasteiger charge is -2.00. The molecule has 0 saturated carbocycles. The molecule has 0 bridgehead atoms. The van der Waals surface area contributed by atoms with Gasteiger partial charge in [0.25, 0.3) is 0 Å². The number of furan rings is 2. The standard InChI is InChI=1S/C22H14BrN3O4/c1-28-19-10-16(23)8-15-9-20(30-21(15)19)22(27)26-25-12-17-6-7-18(29-17)14-4-2-13(11-24)3-5-14/h2-10,12H,1H3,(H,26,27)/b25-12-. The van der Waals surface area contributed by atoms with Crippen molar-refractivity contribution in [2.24, 2.45) is 5.10 Å². The first-order valence-electron chi connectivity index (χ1n) is 8.78. The highest BCUT2D eigenvalue weighted by Gasteiger charge is 2.15. The van der Waals surface area contributed by atoms with Gasteiger partial charge in [-0.2, -0.15) is 10.4 Å². The third-order valence-electron chi connectivity index (χ3n) is 4.27. The molecule has 0 saturated heterocycles. The van der Waals surface area contributed by atoms with Crippen molar-refractivity contribution < 1.29 is 18.4 Å². The molecule has 4 rings (SSSR count). The fourth-order valence-electron chi connectivity index (χ4n) is 2.85. The highest BCUT2D eigenvalue weighted by Crippen LogP contribution is 2.32. The number of carbonyl (C=O) groups is 1. The lowest BCUT2D eigenvalue weighted by Crippen LogP contribution is -2.16. The Morgan fingerprint density at radius 2 is 1.97 bits per heavy atom.